The number of rotatable bonds is 65. The number of hydrogen-bond donors (Lipinski definition) is 12. The van der Waals surface area contributed by atoms with Crippen LogP contribution in [0.25, 0.3) is 0 Å². The summed E-state index contributed by atoms with van der Waals surface area (Å²) in [5, 5.41) is 120. The van der Waals surface area contributed by atoms with Crippen molar-refractivity contribution in [3.63, 3.8) is 0 Å². The minimum absolute atomic E-state index is 0.250. The topological polar surface area (TPSA) is 307 Å². The van der Waals surface area contributed by atoms with Crippen LogP contribution in [0.5, 0.6) is 0 Å². The van der Waals surface area contributed by atoms with Crippen molar-refractivity contribution in [2.24, 2.45) is 0 Å². The van der Waals surface area contributed by atoms with Gasteiger partial charge >= 0.3 is 0 Å². The number of ether oxygens (including phenoxy) is 6. The Morgan fingerprint density at radius 2 is 0.639 bits per heavy atom. The summed E-state index contributed by atoms with van der Waals surface area (Å²) >= 11 is 0. The van der Waals surface area contributed by atoms with E-state index in [0.29, 0.717) is 6.42 Å². The van der Waals surface area contributed by atoms with Crippen LogP contribution in [0.4, 0.5) is 0 Å². The lowest BCUT2D eigenvalue weighted by atomic mass is 9.96. The number of hydrogen-bond acceptors (Lipinski definition) is 18. The number of allylic oxidation sites excluding steroid dienone is 1. The van der Waals surface area contributed by atoms with Crippen LogP contribution in [0.2, 0.25) is 0 Å². The molecule has 17 unspecified atom stereocenters. The van der Waals surface area contributed by atoms with Crippen molar-refractivity contribution < 1.29 is 89.4 Å². The van der Waals surface area contributed by atoms with Gasteiger partial charge in [0.15, 0.2) is 18.9 Å². The average Bonchev–Trinajstić information content (AvgIpc) is 0.792. The lowest BCUT2D eigenvalue weighted by Gasteiger charge is -2.48. The quantitative estimate of drug-likeness (QED) is 0.0199. The summed E-state index contributed by atoms with van der Waals surface area (Å²) in [5.41, 5.74) is 0. The summed E-state index contributed by atoms with van der Waals surface area (Å²) in [7, 11) is 0. The van der Waals surface area contributed by atoms with Crippen molar-refractivity contribution in [1.29, 1.82) is 0 Å². The van der Waals surface area contributed by atoms with E-state index < -0.39 is 124 Å². The molecule has 0 aromatic rings. The highest BCUT2D eigenvalue weighted by Gasteiger charge is 2.54. The molecular weight excluding hydrogens is 1240 g/mol. The molecule has 3 heterocycles. The van der Waals surface area contributed by atoms with Gasteiger partial charge in [-0.3, -0.25) is 4.79 Å². The number of carbonyl (C=O) groups is 1. The highest BCUT2D eigenvalue weighted by molar-refractivity contribution is 5.76. The van der Waals surface area contributed by atoms with E-state index in [0.717, 1.165) is 44.9 Å². The molecule has 1 amide bonds. The van der Waals surface area contributed by atoms with E-state index in [2.05, 4.69) is 19.2 Å². The first-order valence-corrected chi connectivity index (χ1v) is 40.4. The van der Waals surface area contributed by atoms with Crippen molar-refractivity contribution in [2.45, 2.75) is 452 Å². The third kappa shape index (κ3) is 40.4. The first-order chi connectivity index (χ1) is 47.3. The second-order valence-corrected chi connectivity index (χ2v) is 29.2. The number of unbranched alkanes of at least 4 members (excludes halogenated alkanes) is 49. The van der Waals surface area contributed by atoms with E-state index in [-0.39, 0.29) is 18.9 Å². The zero-order valence-electron chi connectivity index (χ0n) is 61.3. The Morgan fingerprint density at radius 1 is 0.361 bits per heavy atom. The Hall–Kier alpha value is -1.47. The van der Waals surface area contributed by atoms with Crippen molar-refractivity contribution in [2.75, 3.05) is 26.4 Å². The number of nitrogens with one attached hydrogen (secondary N) is 1. The molecule has 3 saturated heterocycles. The normalized spacial score (nSPS) is 26.9. The lowest BCUT2D eigenvalue weighted by Crippen LogP contribution is -2.66. The third-order valence-corrected chi connectivity index (χ3v) is 20.6. The Bertz CT molecular complexity index is 1800. The molecule has 574 valence electrons. The Labute approximate surface area is 588 Å². The van der Waals surface area contributed by atoms with Gasteiger partial charge < -0.3 is 89.9 Å². The van der Waals surface area contributed by atoms with E-state index in [9.17, 15) is 61.0 Å². The maximum absolute atomic E-state index is 13.4. The lowest BCUT2D eigenvalue weighted by molar-refractivity contribution is -0.379. The van der Waals surface area contributed by atoms with Crippen LogP contribution in [0, 0.1) is 0 Å². The summed E-state index contributed by atoms with van der Waals surface area (Å²) in [6.07, 6.45) is 44.1. The van der Waals surface area contributed by atoms with E-state index in [4.69, 9.17) is 28.4 Å². The molecule has 0 saturated carbocycles. The number of amides is 1. The first kappa shape index (κ1) is 89.7. The van der Waals surface area contributed by atoms with Crippen LogP contribution in [0.15, 0.2) is 12.2 Å². The largest absolute Gasteiger partial charge is 0.394 e. The van der Waals surface area contributed by atoms with Gasteiger partial charge in [-0.2, -0.15) is 0 Å². The molecule has 0 aromatic carbocycles. The van der Waals surface area contributed by atoms with E-state index in [1.165, 1.54) is 276 Å². The van der Waals surface area contributed by atoms with Crippen LogP contribution < -0.4 is 5.32 Å². The van der Waals surface area contributed by atoms with E-state index >= 15 is 0 Å². The zero-order chi connectivity index (χ0) is 70.4. The zero-order valence-corrected chi connectivity index (χ0v) is 61.3. The standard InChI is InChI=1S/C78H149NO18/c1-3-5-7-9-11-13-15-16-17-18-19-20-21-22-23-24-25-26-27-28-29-30-31-32-33-34-35-36-37-38-39-40-41-42-43-44-46-48-50-52-54-56-66(84)79-61(62(83)55-53-51-49-47-45-14-12-10-8-6-4-2)60-92-76-72(90)69(87)74(64(58-81)94-76)97-78-73(91)70(88)75(65(59-82)95-78)96-77-71(89)68(86)67(85)63(57-80)93-77/h53,55,61-65,67-78,80-83,85-91H,3-52,54,56-60H2,1-2H3,(H,79,84)/b55-53+. The second-order valence-electron chi connectivity index (χ2n) is 29.2. The molecule has 0 spiro atoms. The van der Waals surface area contributed by atoms with Gasteiger partial charge in [0, 0.05) is 6.42 Å². The smallest absolute Gasteiger partial charge is 0.220 e. The van der Waals surface area contributed by atoms with Crippen LogP contribution in [-0.2, 0) is 33.2 Å². The summed E-state index contributed by atoms with van der Waals surface area (Å²) in [6.45, 7) is 1.75. The predicted octanol–water partition coefficient (Wildman–Crippen LogP) is 13.2. The van der Waals surface area contributed by atoms with Gasteiger partial charge in [-0.25, -0.2) is 0 Å². The molecule has 0 aliphatic carbocycles. The summed E-state index contributed by atoms with van der Waals surface area (Å²) < 4.78 is 34.3. The van der Waals surface area contributed by atoms with Crippen LogP contribution in [0.3, 0.4) is 0 Å². The summed E-state index contributed by atoms with van der Waals surface area (Å²) in [5.74, 6) is -0.270. The van der Waals surface area contributed by atoms with Crippen molar-refractivity contribution in [3.8, 4) is 0 Å². The summed E-state index contributed by atoms with van der Waals surface area (Å²) in [6, 6.07) is -0.968. The predicted molar refractivity (Wildman–Crippen MR) is 383 cm³/mol. The van der Waals surface area contributed by atoms with Gasteiger partial charge in [-0.1, -0.05) is 334 Å². The number of aliphatic hydroxyl groups excluding tert-OH is 11. The fraction of sp³-hybridized carbons (Fsp3) is 0.962. The van der Waals surface area contributed by atoms with Gasteiger partial charge in [0.1, 0.15) is 73.2 Å². The van der Waals surface area contributed by atoms with E-state index in [1.807, 2.05) is 6.08 Å². The molecule has 3 fully saturated rings. The van der Waals surface area contributed by atoms with Crippen LogP contribution in [0.1, 0.15) is 348 Å². The maximum atomic E-state index is 13.4. The minimum atomic E-state index is -1.98. The molecular formula is C78H149NO18. The molecule has 3 aliphatic rings. The van der Waals surface area contributed by atoms with Gasteiger partial charge in [-0.15, -0.1) is 0 Å². The Morgan fingerprint density at radius 3 is 0.969 bits per heavy atom. The van der Waals surface area contributed by atoms with Gasteiger partial charge in [-0.05, 0) is 19.3 Å². The van der Waals surface area contributed by atoms with Crippen molar-refractivity contribution in [1.82, 2.24) is 5.32 Å². The maximum Gasteiger partial charge on any atom is 0.220 e. The van der Waals surface area contributed by atoms with Gasteiger partial charge in [0.25, 0.3) is 0 Å². The van der Waals surface area contributed by atoms with Crippen molar-refractivity contribution in [3.05, 3.63) is 12.2 Å². The number of carbonyl (C=O) groups excluding carboxylic acids is 1. The minimum Gasteiger partial charge on any atom is -0.394 e. The molecule has 0 radical (unpaired) electrons. The number of aliphatic hydroxyl groups is 11. The molecule has 17 atom stereocenters. The van der Waals surface area contributed by atoms with Gasteiger partial charge in [0.05, 0.1) is 38.6 Å². The van der Waals surface area contributed by atoms with Crippen molar-refractivity contribution >= 4 is 5.91 Å². The van der Waals surface area contributed by atoms with Crippen LogP contribution in [-0.4, -0.2) is 193 Å². The molecule has 3 aliphatic heterocycles. The molecule has 12 N–H and O–H groups in total. The third-order valence-electron chi connectivity index (χ3n) is 20.6. The molecule has 0 aromatic heterocycles. The van der Waals surface area contributed by atoms with Gasteiger partial charge in [0.2, 0.25) is 5.91 Å². The molecule has 97 heavy (non-hydrogen) atoms. The second kappa shape index (κ2) is 59.9. The molecule has 3 rings (SSSR count). The average molecular weight is 1390 g/mol. The van der Waals surface area contributed by atoms with Crippen LogP contribution >= 0.6 is 0 Å². The molecule has 19 nitrogen and oxygen atoms in total. The SMILES string of the molecule is CCCCCCCCCCC/C=C/C(O)C(COC1OC(CO)C(OC2OC(CO)C(OC3OC(CO)C(O)C(O)C3O)C(O)C2O)C(O)C1O)NC(=O)CCCCCCCCCCCCCCCCCCCCCCCCCCCCCCCCCCCCCCCCCCC. The fourth-order valence-corrected chi connectivity index (χ4v) is 14.1. The highest BCUT2D eigenvalue weighted by atomic mass is 16.8. The molecule has 19 heteroatoms. The summed E-state index contributed by atoms with van der Waals surface area (Å²) in [4.78, 5) is 13.4. The van der Waals surface area contributed by atoms with E-state index in [1.54, 1.807) is 6.08 Å². The molecule has 0 bridgehead atoms. The Kier molecular flexibility index (Phi) is 55.4. The monoisotopic (exact) mass is 1390 g/mol. The highest BCUT2D eigenvalue weighted by Crippen LogP contribution is 2.33. The first-order valence-electron chi connectivity index (χ1n) is 40.4. The fourth-order valence-electron chi connectivity index (χ4n) is 14.1. The Balaban J connectivity index is 1.24.